The van der Waals surface area contributed by atoms with Gasteiger partial charge in [0, 0.05) is 5.71 Å². The second-order valence-corrected chi connectivity index (χ2v) is 5.89. The van der Waals surface area contributed by atoms with E-state index < -0.39 is 18.0 Å². The van der Waals surface area contributed by atoms with Crippen molar-refractivity contribution in [2.24, 2.45) is 10.9 Å². The quantitative estimate of drug-likeness (QED) is 0.873. The lowest BCUT2D eigenvalue weighted by Gasteiger charge is -2.30. The molecule has 1 heterocycles. The second-order valence-electron chi connectivity index (χ2n) is 5.89. The van der Waals surface area contributed by atoms with Crippen LogP contribution in [-0.4, -0.2) is 24.3 Å². The van der Waals surface area contributed by atoms with Gasteiger partial charge in [0.2, 0.25) is 0 Å². The fourth-order valence-electron chi connectivity index (χ4n) is 3.10. The van der Waals surface area contributed by atoms with Crippen LogP contribution in [0.5, 0.6) is 0 Å². The summed E-state index contributed by atoms with van der Waals surface area (Å²) in [6.07, 6.45) is 0.750. The standard InChI is InChI=1S/C19H20N2O3/c1-3-11-24-18(22)16-12(2)20-19(23)21-17(16)15-10-6-8-13-7-4-5-9-14(13)15/h4-10,16-17H,3,11H2,1-2H3,(H,21,23). The molecule has 1 aliphatic heterocycles. The molecule has 0 saturated heterocycles. The first-order valence-corrected chi connectivity index (χ1v) is 8.11. The molecule has 124 valence electrons. The van der Waals surface area contributed by atoms with Gasteiger partial charge in [-0.25, -0.2) is 9.79 Å². The Bertz CT molecular complexity index is 808. The Morgan fingerprint density at radius 2 is 1.96 bits per heavy atom. The molecule has 2 unspecified atom stereocenters. The van der Waals surface area contributed by atoms with Gasteiger partial charge in [-0.1, -0.05) is 49.4 Å². The summed E-state index contributed by atoms with van der Waals surface area (Å²) in [6.45, 7) is 4.01. The van der Waals surface area contributed by atoms with Gasteiger partial charge in [-0.3, -0.25) is 4.79 Å². The van der Waals surface area contributed by atoms with Crippen molar-refractivity contribution >= 4 is 28.5 Å². The van der Waals surface area contributed by atoms with Gasteiger partial charge in [-0.2, -0.15) is 0 Å². The van der Waals surface area contributed by atoms with Gasteiger partial charge >= 0.3 is 12.0 Å². The molecule has 0 saturated carbocycles. The highest BCUT2D eigenvalue weighted by molar-refractivity contribution is 6.08. The molecule has 0 aromatic heterocycles. The molecule has 2 amide bonds. The number of nitrogens with zero attached hydrogens (tertiary/aromatic N) is 1. The molecule has 2 aromatic rings. The van der Waals surface area contributed by atoms with Gasteiger partial charge < -0.3 is 10.1 Å². The first kappa shape index (κ1) is 16.2. The van der Waals surface area contributed by atoms with E-state index in [0.717, 1.165) is 22.8 Å². The molecular weight excluding hydrogens is 304 g/mol. The number of hydrogen-bond donors (Lipinski definition) is 1. The zero-order valence-electron chi connectivity index (χ0n) is 13.8. The Morgan fingerprint density at radius 3 is 2.75 bits per heavy atom. The van der Waals surface area contributed by atoms with Gasteiger partial charge in [0.05, 0.1) is 12.6 Å². The highest BCUT2D eigenvalue weighted by Crippen LogP contribution is 2.32. The number of nitrogens with one attached hydrogen (secondary N) is 1. The fourth-order valence-corrected chi connectivity index (χ4v) is 3.10. The summed E-state index contributed by atoms with van der Waals surface area (Å²) in [5.74, 6) is -0.962. The molecule has 0 spiro atoms. The van der Waals surface area contributed by atoms with E-state index in [2.05, 4.69) is 10.3 Å². The molecule has 5 heteroatoms. The third-order valence-corrected chi connectivity index (χ3v) is 4.20. The van der Waals surface area contributed by atoms with Gasteiger partial charge in [0.25, 0.3) is 0 Å². The van der Waals surface area contributed by atoms with Crippen LogP contribution in [-0.2, 0) is 9.53 Å². The maximum Gasteiger partial charge on any atom is 0.341 e. The van der Waals surface area contributed by atoms with Gasteiger partial charge in [0.1, 0.15) is 5.92 Å². The predicted molar refractivity (Wildman–Crippen MR) is 93.1 cm³/mol. The Balaban J connectivity index is 2.06. The Labute approximate surface area is 140 Å². The Hall–Kier alpha value is -2.69. The van der Waals surface area contributed by atoms with Crippen molar-refractivity contribution in [2.75, 3.05) is 6.61 Å². The van der Waals surface area contributed by atoms with Crippen LogP contribution in [0.2, 0.25) is 0 Å². The average Bonchev–Trinajstić information content (AvgIpc) is 2.58. The van der Waals surface area contributed by atoms with Crippen LogP contribution < -0.4 is 5.32 Å². The van der Waals surface area contributed by atoms with E-state index >= 15 is 0 Å². The number of ether oxygens (including phenoxy) is 1. The summed E-state index contributed by atoms with van der Waals surface area (Å²) < 4.78 is 5.33. The number of hydrogen-bond acceptors (Lipinski definition) is 3. The minimum Gasteiger partial charge on any atom is -0.465 e. The Kier molecular flexibility index (Phi) is 4.60. The van der Waals surface area contributed by atoms with E-state index in [-0.39, 0.29) is 5.97 Å². The van der Waals surface area contributed by atoms with E-state index in [4.69, 9.17) is 4.74 Å². The molecule has 0 fully saturated rings. The molecule has 24 heavy (non-hydrogen) atoms. The Morgan fingerprint density at radius 1 is 1.21 bits per heavy atom. The third kappa shape index (κ3) is 3.02. The number of aliphatic imine (C=N–C) groups is 1. The van der Waals surface area contributed by atoms with Crippen molar-refractivity contribution in [2.45, 2.75) is 26.3 Å². The van der Waals surface area contributed by atoms with Crippen molar-refractivity contribution in [1.82, 2.24) is 5.32 Å². The van der Waals surface area contributed by atoms with Gasteiger partial charge in [-0.05, 0) is 29.7 Å². The summed E-state index contributed by atoms with van der Waals surface area (Å²) >= 11 is 0. The lowest BCUT2D eigenvalue weighted by Crippen LogP contribution is -2.44. The molecule has 0 radical (unpaired) electrons. The number of urea groups is 1. The minimum absolute atomic E-state index is 0.351. The molecule has 2 atom stereocenters. The minimum atomic E-state index is -0.611. The third-order valence-electron chi connectivity index (χ3n) is 4.20. The molecule has 0 bridgehead atoms. The molecule has 1 aliphatic rings. The van der Waals surface area contributed by atoms with Crippen LogP contribution in [0.3, 0.4) is 0 Å². The van der Waals surface area contributed by atoms with Crippen molar-refractivity contribution in [1.29, 1.82) is 0 Å². The number of carbonyl (C=O) groups is 2. The smallest absolute Gasteiger partial charge is 0.341 e. The zero-order valence-corrected chi connectivity index (χ0v) is 13.8. The zero-order chi connectivity index (χ0) is 17.1. The van der Waals surface area contributed by atoms with Crippen molar-refractivity contribution in [3.8, 4) is 0 Å². The van der Waals surface area contributed by atoms with E-state index in [9.17, 15) is 9.59 Å². The van der Waals surface area contributed by atoms with E-state index in [0.29, 0.717) is 12.3 Å². The first-order chi connectivity index (χ1) is 11.6. The summed E-state index contributed by atoms with van der Waals surface area (Å²) in [7, 11) is 0. The summed E-state index contributed by atoms with van der Waals surface area (Å²) in [6, 6.07) is 12.9. The van der Waals surface area contributed by atoms with Crippen LogP contribution in [0.4, 0.5) is 4.79 Å². The van der Waals surface area contributed by atoms with Crippen LogP contribution in [0, 0.1) is 5.92 Å². The number of rotatable bonds is 4. The lowest BCUT2D eigenvalue weighted by molar-refractivity contribution is -0.147. The molecule has 0 aliphatic carbocycles. The summed E-state index contributed by atoms with van der Waals surface area (Å²) in [4.78, 5) is 28.4. The lowest BCUT2D eigenvalue weighted by atomic mass is 9.86. The first-order valence-electron chi connectivity index (χ1n) is 8.11. The molecule has 5 nitrogen and oxygen atoms in total. The number of benzene rings is 2. The highest BCUT2D eigenvalue weighted by Gasteiger charge is 2.38. The fraction of sp³-hybridized carbons (Fsp3) is 0.316. The monoisotopic (exact) mass is 324 g/mol. The normalized spacial score (nSPS) is 20.4. The predicted octanol–water partition coefficient (Wildman–Crippen LogP) is 3.63. The van der Waals surface area contributed by atoms with Crippen molar-refractivity contribution in [3.05, 3.63) is 48.0 Å². The maximum atomic E-state index is 12.5. The number of amides is 2. The summed E-state index contributed by atoms with van der Waals surface area (Å²) in [5.41, 5.74) is 1.38. The number of fused-ring (bicyclic) bond motifs is 1. The van der Waals surface area contributed by atoms with Crippen LogP contribution in [0.1, 0.15) is 31.9 Å². The second kappa shape index (κ2) is 6.83. The van der Waals surface area contributed by atoms with Crippen molar-refractivity contribution < 1.29 is 14.3 Å². The molecule has 2 aromatic carbocycles. The van der Waals surface area contributed by atoms with Gasteiger partial charge in [-0.15, -0.1) is 0 Å². The molecule has 1 N–H and O–H groups in total. The van der Waals surface area contributed by atoms with Crippen LogP contribution >= 0.6 is 0 Å². The maximum absolute atomic E-state index is 12.5. The SMILES string of the molecule is CCCOC(=O)C1C(C)=NC(=O)NC1c1cccc2ccccc12. The number of esters is 1. The highest BCUT2D eigenvalue weighted by atomic mass is 16.5. The molecular formula is C19H20N2O3. The van der Waals surface area contributed by atoms with Crippen LogP contribution in [0.15, 0.2) is 47.5 Å². The number of carbonyl (C=O) groups excluding carboxylic acids is 2. The average molecular weight is 324 g/mol. The van der Waals surface area contributed by atoms with Gasteiger partial charge in [0.15, 0.2) is 0 Å². The van der Waals surface area contributed by atoms with Crippen LogP contribution in [0.25, 0.3) is 10.8 Å². The van der Waals surface area contributed by atoms with E-state index in [1.165, 1.54) is 0 Å². The molecule has 3 rings (SSSR count). The summed E-state index contributed by atoms with van der Waals surface area (Å²) in [5, 5.41) is 4.90. The largest absolute Gasteiger partial charge is 0.465 e. The van der Waals surface area contributed by atoms with E-state index in [1.807, 2.05) is 49.4 Å². The topological polar surface area (TPSA) is 67.8 Å². The van der Waals surface area contributed by atoms with Crippen molar-refractivity contribution in [3.63, 3.8) is 0 Å². The van der Waals surface area contributed by atoms with E-state index in [1.54, 1.807) is 6.92 Å².